The largest absolute Gasteiger partial charge is 0.493 e. The van der Waals surface area contributed by atoms with Crippen molar-refractivity contribution in [3.63, 3.8) is 0 Å². The number of hydrogen-bond acceptors (Lipinski definition) is 7. The van der Waals surface area contributed by atoms with Crippen LogP contribution in [0, 0.1) is 10.1 Å². The smallest absolute Gasteiger partial charge is 0.311 e. The molecule has 1 aromatic heterocycles. The number of carbonyl (C=O) groups excluding carboxylic acids is 1. The van der Waals surface area contributed by atoms with Gasteiger partial charge in [0.05, 0.1) is 19.1 Å². The monoisotopic (exact) mass is 372 g/mol. The lowest BCUT2D eigenvalue weighted by atomic mass is 10.1. The van der Waals surface area contributed by atoms with Crippen LogP contribution in [0.25, 0.3) is 0 Å². The van der Waals surface area contributed by atoms with Gasteiger partial charge in [-0.2, -0.15) is 0 Å². The summed E-state index contributed by atoms with van der Waals surface area (Å²) >= 11 is 0. The van der Waals surface area contributed by atoms with Gasteiger partial charge in [-0.1, -0.05) is 0 Å². The van der Waals surface area contributed by atoms with E-state index in [0.29, 0.717) is 49.1 Å². The maximum absolute atomic E-state index is 12.8. The molecule has 0 bridgehead atoms. The first-order chi connectivity index (χ1) is 13.0. The summed E-state index contributed by atoms with van der Waals surface area (Å²) in [5, 5.41) is 11.2. The summed E-state index contributed by atoms with van der Waals surface area (Å²) in [7, 11) is 3.06. The Morgan fingerprint density at radius 1 is 1.11 bits per heavy atom. The molecule has 0 atom stereocenters. The van der Waals surface area contributed by atoms with Crippen LogP contribution >= 0.6 is 0 Å². The minimum Gasteiger partial charge on any atom is -0.493 e. The number of amides is 1. The molecule has 0 aliphatic carbocycles. The number of anilines is 1. The fraction of sp³-hybridized carbons (Fsp3) is 0.333. The van der Waals surface area contributed by atoms with Crippen LogP contribution in [0.1, 0.15) is 10.4 Å². The van der Waals surface area contributed by atoms with E-state index in [1.165, 1.54) is 26.5 Å². The fourth-order valence-electron chi connectivity index (χ4n) is 3.05. The Labute approximate surface area is 156 Å². The van der Waals surface area contributed by atoms with Crippen LogP contribution in [0.15, 0.2) is 36.5 Å². The number of benzene rings is 1. The second kappa shape index (κ2) is 7.90. The van der Waals surface area contributed by atoms with Crippen LogP contribution in [-0.4, -0.2) is 61.1 Å². The minimum absolute atomic E-state index is 0.0304. The standard InChI is InChI=1S/C18H20N4O5/c1-26-15-6-5-13(12-16(15)27-2)18(23)21-10-8-20(9-11-21)17-14(22(24)25)4-3-7-19-17/h3-7,12H,8-11H2,1-2H3. The SMILES string of the molecule is COc1ccc(C(=O)N2CCN(c3ncccc3[N+](=O)[O-])CC2)cc1OC. The molecule has 2 aromatic rings. The van der Waals surface area contributed by atoms with Crippen molar-refractivity contribution < 1.29 is 19.2 Å². The average Bonchev–Trinajstić information content (AvgIpc) is 2.72. The zero-order chi connectivity index (χ0) is 19.4. The van der Waals surface area contributed by atoms with Crippen molar-refractivity contribution >= 4 is 17.4 Å². The molecule has 0 saturated carbocycles. The lowest BCUT2D eigenvalue weighted by Crippen LogP contribution is -2.49. The predicted molar refractivity (Wildman–Crippen MR) is 98.6 cm³/mol. The number of methoxy groups -OCH3 is 2. The van der Waals surface area contributed by atoms with Gasteiger partial charge in [-0.05, 0) is 24.3 Å². The third-order valence-electron chi connectivity index (χ3n) is 4.46. The Kier molecular flexibility index (Phi) is 5.39. The van der Waals surface area contributed by atoms with E-state index in [2.05, 4.69) is 4.98 Å². The molecule has 0 unspecified atom stereocenters. The molecular formula is C18H20N4O5. The Hall–Kier alpha value is -3.36. The molecule has 142 valence electrons. The second-order valence-electron chi connectivity index (χ2n) is 5.95. The van der Waals surface area contributed by atoms with Crippen LogP contribution in [0.5, 0.6) is 11.5 Å². The van der Waals surface area contributed by atoms with Gasteiger partial charge < -0.3 is 19.3 Å². The van der Waals surface area contributed by atoms with Crippen molar-refractivity contribution in [2.75, 3.05) is 45.3 Å². The molecule has 9 nitrogen and oxygen atoms in total. The van der Waals surface area contributed by atoms with Crippen molar-refractivity contribution in [1.82, 2.24) is 9.88 Å². The van der Waals surface area contributed by atoms with Gasteiger partial charge in [0.1, 0.15) is 0 Å². The normalized spacial score (nSPS) is 14.0. The Bertz CT molecular complexity index is 849. The van der Waals surface area contributed by atoms with Crippen LogP contribution in [0.4, 0.5) is 11.5 Å². The number of aromatic nitrogens is 1. The van der Waals surface area contributed by atoms with Crippen LogP contribution < -0.4 is 14.4 Å². The van der Waals surface area contributed by atoms with E-state index < -0.39 is 4.92 Å². The summed E-state index contributed by atoms with van der Waals surface area (Å²) in [5.74, 6) is 1.26. The van der Waals surface area contributed by atoms with E-state index in [1.54, 1.807) is 29.2 Å². The van der Waals surface area contributed by atoms with Gasteiger partial charge in [-0.15, -0.1) is 0 Å². The zero-order valence-electron chi connectivity index (χ0n) is 15.1. The van der Waals surface area contributed by atoms with Gasteiger partial charge in [0.25, 0.3) is 5.91 Å². The second-order valence-corrected chi connectivity index (χ2v) is 5.95. The zero-order valence-corrected chi connectivity index (χ0v) is 15.1. The number of piperazine rings is 1. The molecule has 27 heavy (non-hydrogen) atoms. The molecule has 1 aromatic carbocycles. The highest BCUT2D eigenvalue weighted by Crippen LogP contribution is 2.29. The number of nitrogens with zero attached hydrogens (tertiary/aromatic N) is 4. The first-order valence-electron chi connectivity index (χ1n) is 8.40. The van der Waals surface area contributed by atoms with Gasteiger partial charge >= 0.3 is 5.69 Å². The summed E-state index contributed by atoms with van der Waals surface area (Å²) in [6, 6.07) is 8.01. The van der Waals surface area contributed by atoms with E-state index in [9.17, 15) is 14.9 Å². The number of hydrogen-bond donors (Lipinski definition) is 0. The van der Waals surface area contributed by atoms with Gasteiger partial charge in [-0.3, -0.25) is 14.9 Å². The molecule has 0 spiro atoms. The van der Waals surface area contributed by atoms with E-state index >= 15 is 0 Å². The Morgan fingerprint density at radius 3 is 2.44 bits per heavy atom. The summed E-state index contributed by atoms with van der Waals surface area (Å²) in [6.45, 7) is 1.83. The number of nitro groups is 1. The molecule has 3 rings (SSSR count). The van der Waals surface area contributed by atoms with Gasteiger partial charge in [0.15, 0.2) is 11.5 Å². The predicted octanol–water partition coefficient (Wildman–Crippen LogP) is 1.97. The van der Waals surface area contributed by atoms with Gasteiger partial charge in [0, 0.05) is 44.0 Å². The third kappa shape index (κ3) is 3.76. The van der Waals surface area contributed by atoms with Crippen LogP contribution in [0.3, 0.4) is 0 Å². The summed E-state index contributed by atoms with van der Waals surface area (Å²) < 4.78 is 10.4. The molecule has 1 aliphatic rings. The quantitative estimate of drug-likeness (QED) is 0.584. The first kappa shape index (κ1) is 18.4. The molecule has 1 saturated heterocycles. The molecule has 1 fully saturated rings. The van der Waals surface area contributed by atoms with Crippen molar-refractivity contribution in [3.8, 4) is 11.5 Å². The molecule has 0 radical (unpaired) electrons. The van der Waals surface area contributed by atoms with Crippen molar-refractivity contribution in [1.29, 1.82) is 0 Å². The van der Waals surface area contributed by atoms with Gasteiger partial charge in [-0.25, -0.2) is 4.98 Å². The fourth-order valence-corrected chi connectivity index (χ4v) is 3.05. The highest BCUT2D eigenvalue weighted by Gasteiger charge is 2.27. The summed E-state index contributed by atoms with van der Waals surface area (Å²) in [5.41, 5.74) is 0.474. The number of carbonyl (C=O) groups is 1. The highest BCUT2D eigenvalue weighted by atomic mass is 16.6. The summed E-state index contributed by atoms with van der Waals surface area (Å²) in [4.78, 5) is 31.2. The van der Waals surface area contributed by atoms with E-state index in [4.69, 9.17) is 9.47 Å². The van der Waals surface area contributed by atoms with Crippen molar-refractivity contribution in [3.05, 3.63) is 52.2 Å². The Morgan fingerprint density at radius 2 is 1.81 bits per heavy atom. The van der Waals surface area contributed by atoms with Crippen molar-refractivity contribution in [2.45, 2.75) is 0 Å². The summed E-state index contributed by atoms with van der Waals surface area (Å²) in [6.07, 6.45) is 1.53. The van der Waals surface area contributed by atoms with E-state index in [0.717, 1.165) is 0 Å². The molecule has 1 amide bonds. The first-order valence-corrected chi connectivity index (χ1v) is 8.40. The number of pyridine rings is 1. The molecule has 0 N–H and O–H groups in total. The highest BCUT2D eigenvalue weighted by molar-refractivity contribution is 5.95. The number of rotatable bonds is 5. The lowest BCUT2D eigenvalue weighted by molar-refractivity contribution is -0.384. The molecule has 1 aliphatic heterocycles. The maximum Gasteiger partial charge on any atom is 0.311 e. The van der Waals surface area contributed by atoms with E-state index in [-0.39, 0.29) is 11.6 Å². The molecular weight excluding hydrogens is 352 g/mol. The minimum atomic E-state index is -0.441. The topological polar surface area (TPSA) is 98.0 Å². The molecule has 2 heterocycles. The van der Waals surface area contributed by atoms with E-state index in [1.807, 2.05) is 4.90 Å². The van der Waals surface area contributed by atoms with Crippen LogP contribution in [0.2, 0.25) is 0 Å². The van der Waals surface area contributed by atoms with Gasteiger partial charge in [0.2, 0.25) is 5.82 Å². The van der Waals surface area contributed by atoms with Crippen LogP contribution in [-0.2, 0) is 0 Å². The molecule has 9 heteroatoms. The van der Waals surface area contributed by atoms with Crippen molar-refractivity contribution in [2.24, 2.45) is 0 Å². The third-order valence-corrected chi connectivity index (χ3v) is 4.46. The Balaban J connectivity index is 1.71. The maximum atomic E-state index is 12.8. The lowest BCUT2D eigenvalue weighted by Gasteiger charge is -2.35. The number of ether oxygens (including phenoxy) is 2. The average molecular weight is 372 g/mol.